The van der Waals surface area contributed by atoms with Gasteiger partial charge in [0, 0.05) is 88.0 Å². The molecule has 114 heavy (non-hydrogen) atoms. The van der Waals surface area contributed by atoms with E-state index in [1.807, 2.05) is 24.3 Å². The molecule has 6 heteroatoms. The molecule has 4 aromatic heterocycles. The maximum absolute atomic E-state index is 6.15. The van der Waals surface area contributed by atoms with Gasteiger partial charge in [-0.15, -0.1) is 0 Å². The van der Waals surface area contributed by atoms with Crippen molar-refractivity contribution in [1.82, 2.24) is 9.13 Å². The second kappa shape index (κ2) is 27.4. The molecule has 534 valence electrons. The highest BCUT2D eigenvalue weighted by atomic mass is 16.3. The molecule has 0 saturated carbocycles. The largest absolute Gasteiger partial charge is 0.456 e. The number of hydrogen-bond acceptors (Lipinski definition) is 4. The molecule has 23 aromatic rings. The van der Waals surface area contributed by atoms with E-state index in [4.69, 9.17) is 8.83 Å². The molecule has 0 aliphatic heterocycles. The Labute approximate surface area is 658 Å². The molecular formula is C108H70N4O2. The highest BCUT2D eigenvalue weighted by Gasteiger charge is 2.23. The first-order chi connectivity index (χ1) is 56.5. The maximum atomic E-state index is 6.15. The lowest BCUT2D eigenvalue weighted by molar-refractivity contribution is 0.668. The molecule has 6 nitrogen and oxygen atoms in total. The second-order valence-electron chi connectivity index (χ2n) is 29.5. The van der Waals surface area contributed by atoms with Crippen LogP contribution in [0.3, 0.4) is 0 Å². The second-order valence-corrected chi connectivity index (χ2v) is 29.5. The quantitative estimate of drug-likeness (QED) is 0.122. The van der Waals surface area contributed by atoms with Crippen LogP contribution in [0.2, 0.25) is 0 Å². The zero-order valence-corrected chi connectivity index (χ0v) is 62.0. The van der Waals surface area contributed by atoms with Gasteiger partial charge >= 0.3 is 0 Å². The van der Waals surface area contributed by atoms with Crippen LogP contribution >= 0.6 is 0 Å². The maximum Gasteiger partial charge on any atom is 0.135 e. The van der Waals surface area contributed by atoms with Crippen molar-refractivity contribution in [2.45, 2.75) is 0 Å². The van der Waals surface area contributed by atoms with Gasteiger partial charge in [0.25, 0.3) is 0 Å². The Morgan fingerprint density at radius 1 is 0.175 bits per heavy atom. The topological polar surface area (TPSA) is 42.6 Å². The number of aromatic nitrogens is 2. The predicted molar refractivity (Wildman–Crippen MR) is 480 cm³/mol. The Morgan fingerprint density at radius 2 is 0.474 bits per heavy atom. The number of para-hydroxylation sites is 6. The summed E-state index contributed by atoms with van der Waals surface area (Å²) in [6.45, 7) is 0. The first kappa shape index (κ1) is 65.8. The van der Waals surface area contributed by atoms with E-state index >= 15 is 0 Å². The van der Waals surface area contributed by atoms with E-state index in [0.29, 0.717) is 0 Å². The SMILES string of the molecule is c1ccc2cc(-c3ccc(N(c4ccc(-c5ccc6oc7ccccc7c6c5)cc4)c4ccc(-n5c6ccccc6c6ccccc65)c5ccccc45)cc3)ccc2c1.c1ccc2cc(-c3ccc(N(c4ccc(-c5ccc6oc7ccccc7c6c5)cc4)c4ccc(-n5c6ccccc6c6ccccc65)cc4)cc3)ccc2c1. The van der Waals surface area contributed by atoms with Crippen molar-refractivity contribution in [1.29, 1.82) is 0 Å². The van der Waals surface area contributed by atoms with E-state index in [0.717, 1.165) is 112 Å². The summed E-state index contributed by atoms with van der Waals surface area (Å²) in [5.74, 6) is 0. The molecule has 0 spiro atoms. The summed E-state index contributed by atoms with van der Waals surface area (Å²) in [5, 5.41) is 16.9. The number of rotatable bonds is 12. The first-order valence-corrected chi connectivity index (χ1v) is 38.9. The summed E-state index contributed by atoms with van der Waals surface area (Å²) in [6.07, 6.45) is 0. The van der Waals surface area contributed by atoms with Gasteiger partial charge in [-0.3, -0.25) is 0 Å². The highest BCUT2D eigenvalue weighted by Crippen LogP contribution is 2.46. The fourth-order valence-electron chi connectivity index (χ4n) is 17.4. The summed E-state index contributed by atoms with van der Waals surface area (Å²) >= 11 is 0. The first-order valence-electron chi connectivity index (χ1n) is 38.9. The van der Waals surface area contributed by atoms with Crippen LogP contribution in [0.25, 0.3) is 176 Å². The van der Waals surface area contributed by atoms with Crippen LogP contribution in [-0.2, 0) is 0 Å². The number of fused-ring (bicyclic) bond motifs is 15. The number of hydrogen-bond donors (Lipinski definition) is 0. The lowest BCUT2D eigenvalue weighted by Gasteiger charge is -2.28. The third-order valence-corrected chi connectivity index (χ3v) is 23.0. The lowest BCUT2D eigenvalue weighted by atomic mass is 10.00. The van der Waals surface area contributed by atoms with Gasteiger partial charge in [-0.25, -0.2) is 0 Å². The average Bonchev–Trinajstić information content (AvgIpc) is 1.56. The molecule has 0 radical (unpaired) electrons. The van der Waals surface area contributed by atoms with Crippen LogP contribution in [0.5, 0.6) is 0 Å². The van der Waals surface area contributed by atoms with Crippen LogP contribution in [0.4, 0.5) is 34.1 Å². The third-order valence-electron chi connectivity index (χ3n) is 23.0. The minimum Gasteiger partial charge on any atom is -0.456 e. The summed E-state index contributed by atoms with van der Waals surface area (Å²) in [4.78, 5) is 4.75. The summed E-state index contributed by atoms with van der Waals surface area (Å²) in [6, 6.07) is 153. The molecule has 0 bridgehead atoms. The van der Waals surface area contributed by atoms with Crippen LogP contribution in [0.1, 0.15) is 0 Å². The Hall–Kier alpha value is -15.2. The van der Waals surface area contributed by atoms with Gasteiger partial charge in [0.2, 0.25) is 0 Å². The fourth-order valence-corrected chi connectivity index (χ4v) is 17.4. The summed E-state index contributed by atoms with van der Waals surface area (Å²) < 4.78 is 17.1. The zero-order valence-electron chi connectivity index (χ0n) is 62.0. The lowest BCUT2D eigenvalue weighted by Crippen LogP contribution is -2.11. The molecule has 4 heterocycles. The van der Waals surface area contributed by atoms with Crippen molar-refractivity contribution in [3.05, 3.63) is 425 Å². The van der Waals surface area contributed by atoms with Gasteiger partial charge in [0.15, 0.2) is 0 Å². The van der Waals surface area contributed by atoms with E-state index in [2.05, 4.69) is 419 Å². The molecule has 0 amide bonds. The van der Waals surface area contributed by atoms with E-state index < -0.39 is 0 Å². The standard InChI is InChI=1S/C56H36N2O.C52H34N2O/c1-2-12-40-35-41(22-21-37(40)11-1)38-23-28-43(29-24-38)57(44-30-25-39(26-31-44)42-27-34-56-50(36-42)49-17-7-10-20-55(49)59-56)53-32-33-54(48-14-4-3-13-47(48)53)58-51-18-8-5-15-45(51)46-16-6-9-19-52(46)58;1-2-10-38-33-39(18-17-35(38)9-1)36-19-24-41(25-20-36)53(42-26-21-37(22-27-42)40-23-32-52-48(34-40)47-13-5-8-16-51(47)55-52)43-28-30-44(31-29-43)54-49-14-6-3-11-45(49)46-12-4-7-15-50(46)54/h1-36H;1-34H. The molecule has 0 atom stereocenters. The molecule has 0 aliphatic carbocycles. The van der Waals surface area contributed by atoms with E-state index in [1.165, 1.54) is 98.2 Å². The van der Waals surface area contributed by atoms with Gasteiger partial charge in [-0.2, -0.15) is 0 Å². The van der Waals surface area contributed by atoms with E-state index in [9.17, 15) is 0 Å². The Morgan fingerprint density at radius 3 is 0.895 bits per heavy atom. The van der Waals surface area contributed by atoms with Crippen LogP contribution < -0.4 is 9.80 Å². The van der Waals surface area contributed by atoms with Gasteiger partial charge in [0.1, 0.15) is 22.3 Å². The normalized spacial score (nSPS) is 11.7. The van der Waals surface area contributed by atoms with Gasteiger partial charge < -0.3 is 27.8 Å². The third kappa shape index (κ3) is 11.4. The molecule has 23 rings (SSSR count). The molecule has 0 N–H and O–H groups in total. The zero-order chi connectivity index (χ0) is 75.2. The van der Waals surface area contributed by atoms with Crippen molar-refractivity contribution in [2.75, 3.05) is 9.80 Å². The summed E-state index contributed by atoms with van der Waals surface area (Å²) in [7, 11) is 0. The minimum atomic E-state index is 0.904. The number of anilines is 6. The Balaban J connectivity index is 0.000000139. The average molecular weight is 1460 g/mol. The van der Waals surface area contributed by atoms with Gasteiger partial charge in [-0.1, -0.05) is 267 Å². The van der Waals surface area contributed by atoms with Crippen molar-refractivity contribution >= 4 is 154 Å². The van der Waals surface area contributed by atoms with Crippen molar-refractivity contribution in [2.24, 2.45) is 0 Å². The number of benzene rings is 19. The van der Waals surface area contributed by atoms with Gasteiger partial charge in [0.05, 0.1) is 33.4 Å². The molecule has 0 aliphatic rings. The number of nitrogens with zero attached hydrogens (tertiary/aromatic N) is 4. The molecule has 0 fully saturated rings. The Kier molecular flexibility index (Phi) is 15.8. The van der Waals surface area contributed by atoms with Crippen molar-refractivity contribution in [3.63, 3.8) is 0 Å². The molecule has 19 aromatic carbocycles. The monoisotopic (exact) mass is 1450 g/mol. The van der Waals surface area contributed by atoms with Crippen molar-refractivity contribution in [3.8, 4) is 55.9 Å². The van der Waals surface area contributed by atoms with Gasteiger partial charge in [-0.05, 0) is 224 Å². The van der Waals surface area contributed by atoms with E-state index in [-0.39, 0.29) is 0 Å². The van der Waals surface area contributed by atoms with Crippen LogP contribution in [0, 0.1) is 0 Å². The minimum absolute atomic E-state index is 0.904. The number of furan rings is 2. The highest BCUT2D eigenvalue weighted by molar-refractivity contribution is 6.14. The molecular weight excluding hydrogens is 1390 g/mol. The summed E-state index contributed by atoms with van der Waals surface area (Å²) in [5.41, 5.74) is 26.7. The smallest absolute Gasteiger partial charge is 0.135 e. The van der Waals surface area contributed by atoms with Crippen LogP contribution in [0.15, 0.2) is 433 Å². The predicted octanol–water partition coefficient (Wildman–Crippen LogP) is 30.4. The van der Waals surface area contributed by atoms with Crippen LogP contribution in [-0.4, -0.2) is 9.13 Å². The molecule has 0 unspecified atom stereocenters. The van der Waals surface area contributed by atoms with E-state index in [1.54, 1.807) is 0 Å². The van der Waals surface area contributed by atoms with Crippen molar-refractivity contribution < 1.29 is 8.83 Å². The Bertz CT molecular complexity index is 7550. The molecule has 0 saturated heterocycles. The fraction of sp³-hybridized carbons (Fsp3) is 0.